The van der Waals surface area contributed by atoms with E-state index in [9.17, 15) is 5.26 Å². The van der Waals surface area contributed by atoms with Gasteiger partial charge >= 0.3 is 0 Å². The van der Waals surface area contributed by atoms with Crippen molar-refractivity contribution in [2.75, 3.05) is 5.75 Å². The van der Waals surface area contributed by atoms with E-state index in [4.69, 9.17) is 0 Å². The average molecular weight is 243 g/mol. The molecule has 0 aromatic heterocycles. The molecule has 1 aromatic rings. The minimum Gasteiger partial charge on any atom is -0.198 e. The molecule has 0 spiro atoms. The minimum absolute atomic E-state index is 0.0112. The average Bonchev–Trinajstić information content (AvgIpc) is 2.99. The largest absolute Gasteiger partial charge is 0.198 e. The summed E-state index contributed by atoms with van der Waals surface area (Å²) in [6.45, 7) is 0. The first-order chi connectivity index (χ1) is 8.33. The summed E-state index contributed by atoms with van der Waals surface area (Å²) in [4.78, 5) is 1.43. The van der Waals surface area contributed by atoms with E-state index >= 15 is 0 Å². The second-order valence-electron chi connectivity index (χ2n) is 5.35. The zero-order chi connectivity index (χ0) is 11.7. The number of benzene rings is 1. The fourth-order valence-corrected chi connectivity index (χ4v) is 4.54. The van der Waals surface area contributed by atoms with Crippen LogP contribution in [0.15, 0.2) is 29.2 Å². The van der Waals surface area contributed by atoms with Gasteiger partial charge in [0, 0.05) is 10.6 Å². The van der Waals surface area contributed by atoms with Crippen LogP contribution in [-0.2, 0) is 0 Å². The van der Waals surface area contributed by atoms with Crippen LogP contribution in [0.2, 0.25) is 0 Å². The molecule has 1 aromatic carbocycles. The fourth-order valence-electron chi connectivity index (χ4n) is 3.28. The van der Waals surface area contributed by atoms with Crippen LogP contribution in [0.5, 0.6) is 0 Å². The number of rotatable bonds is 2. The number of hydrogen-bond donors (Lipinski definition) is 0. The van der Waals surface area contributed by atoms with Crippen molar-refractivity contribution in [1.82, 2.24) is 0 Å². The maximum absolute atomic E-state index is 9.47. The van der Waals surface area contributed by atoms with Crippen LogP contribution in [0.25, 0.3) is 0 Å². The Hall–Kier alpha value is -0.940. The van der Waals surface area contributed by atoms with E-state index in [0.29, 0.717) is 5.92 Å². The van der Waals surface area contributed by atoms with E-state index < -0.39 is 0 Å². The maximum Gasteiger partial charge on any atom is 0.0689 e. The van der Waals surface area contributed by atoms with Gasteiger partial charge in [0.15, 0.2) is 0 Å². The molecule has 1 saturated carbocycles. The minimum atomic E-state index is -0.0112. The highest BCUT2D eigenvalue weighted by Gasteiger charge is 2.38. The normalized spacial score (nSPS) is 25.5. The molecule has 1 aliphatic heterocycles. The van der Waals surface area contributed by atoms with Gasteiger partial charge in [-0.25, -0.2) is 0 Å². The molecule has 1 heterocycles. The van der Waals surface area contributed by atoms with Crippen molar-refractivity contribution in [3.63, 3.8) is 0 Å². The van der Waals surface area contributed by atoms with Gasteiger partial charge in [-0.2, -0.15) is 5.26 Å². The molecule has 1 nitrogen and oxygen atoms in total. The monoisotopic (exact) mass is 243 g/mol. The van der Waals surface area contributed by atoms with Gasteiger partial charge < -0.3 is 0 Å². The van der Waals surface area contributed by atoms with Crippen LogP contribution in [0, 0.1) is 16.7 Å². The molecular formula is C15H17NS. The van der Waals surface area contributed by atoms with E-state index in [0.717, 1.165) is 19.3 Å². The number of nitriles is 1. The Bertz CT molecular complexity index is 454. The summed E-state index contributed by atoms with van der Waals surface area (Å²) in [5, 5.41) is 9.47. The third-order valence-corrected chi connectivity index (χ3v) is 5.49. The predicted molar refractivity (Wildman–Crippen MR) is 71.0 cm³/mol. The maximum atomic E-state index is 9.47. The van der Waals surface area contributed by atoms with Crippen molar-refractivity contribution in [3.8, 4) is 6.07 Å². The Morgan fingerprint density at radius 2 is 2.06 bits per heavy atom. The molecule has 2 aliphatic rings. The van der Waals surface area contributed by atoms with Crippen LogP contribution in [-0.4, -0.2) is 5.75 Å². The molecule has 2 heteroatoms. The van der Waals surface area contributed by atoms with Crippen molar-refractivity contribution < 1.29 is 0 Å². The molecule has 1 fully saturated rings. The van der Waals surface area contributed by atoms with Crippen LogP contribution in [0.1, 0.15) is 43.6 Å². The van der Waals surface area contributed by atoms with Crippen LogP contribution >= 0.6 is 11.8 Å². The lowest BCUT2D eigenvalue weighted by Crippen LogP contribution is -2.18. The SMILES string of the molecule is N#CC1(CC2CSc3ccccc32)CCCC1. The molecule has 0 amide bonds. The van der Waals surface area contributed by atoms with Gasteiger partial charge in [0.2, 0.25) is 0 Å². The number of hydrogen-bond acceptors (Lipinski definition) is 2. The highest BCUT2D eigenvalue weighted by molar-refractivity contribution is 7.99. The third-order valence-electron chi connectivity index (χ3n) is 4.23. The Morgan fingerprint density at radius 3 is 2.82 bits per heavy atom. The van der Waals surface area contributed by atoms with Crippen molar-refractivity contribution in [3.05, 3.63) is 29.8 Å². The summed E-state index contributed by atoms with van der Waals surface area (Å²) in [6.07, 6.45) is 5.80. The first kappa shape index (κ1) is 11.2. The third kappa shape index (κ3) is 1.98. The van der Waals surface area contributed by atoms with Crippen molar-refractivity contribution in [2.24, 2.45) is 5.41 Å². The van der Waals surface area contributed by atoms with E-state index in [1.807, 2.05) is 11.8 Å². The summed E-state index contributed by atoms with van der Waals surface area (Å²) in [6, 6.07) is 11.3. The molecular weight excluding hydrogens is 226 g/mol. The smallest absolute Gasteiger partial charge is 0.0689 e. The summed E-state index contributed by atoms with van der Waals surface area (Å²) >= 11 is 1.96. The van der Waals surface area contributed by atoms with Gasteiger partial charge in [-0.3, -0.25) is 0 Å². The molecule has 0 saturated heterocycles. The zero-order valence-electron chi connectivity index (χ0n) is 9.98. The van der Waals surface area contributed by atoms with Gasteiger partial charge in [0.1, 0.15) is 0 Å². The number of nitrogens with zero attached hydrogens (tertiary/aromatic N) is 1. The van der Waals surface area contributed by atoms with Crippen molar-refractivity contribution in [2.45, 2.75) is 42.9 Å². The summed E-state index contributed by atoms with van der Waals surface area (Å²) in [5.74, 6) is 1.77. The highest BCUT2D eigenvalue weighted by atomic mass is 32.2. The van der Waals surface area contributed by atoms with Crippen molar-refractivity contribution >= 4 is 11.8 Å². The molecule has 0 bridgehead atoms. The van der Waals surface area contributed by atoms with E-state index in [2.05, 4.69) is 30.3 Å². The predicted octanol–water partition coefficient (Wildman–Crippen LogP) is 4.35. The molecule has 1 unspecified atom stereocenters. The van der Waals surface area contributed by atoms with Gasteiger partial charge in [-0.1, -0.05) is 31.0 Å². The lowest BCUT2D eigenvalue weighted by Gasteiger charge is -2.24. The summed E-state index contributed by atoms with van der Waals surface area (Å²) in [5.41, 5.74) is 1.47. The Kier molecular flexibility index (Phi) is 2.88. The van der Waals surface area contributed by atoms with Gasteiger partial charge in [0.25, 0.3) is 0 Å². The van der Waals surface area contributed by atoms with Gasteiger partial charge in [-0.05, 0) is 36.8 Å². The van der Waals surface area contributed by atoms with Crippen LogP contribution in [0.4, 0.5) is 0 Å². The molecule has 88 valence electrons. The second-order valence-corrected chi connectivity index (χ2v) is 6.41. The molecule has 1 aliphatic carbocycles. The second kappa shape index (κ2) is 4.38. The molecule has 0 N–H and O–H groups in total. The first-order valence-electron chi connectivity index (χ1n) is 6.46. The van der Waals surface area contributed by atoms with Gasteiger partial charge in [0.05, 0.1) is 11.5 Å². The molecule has 3 rings (SSSR count). The lowest BCUT2D eigenvalue weighted by atomic mass is 9.77. The standard InChI is InChI=1S/C15H17NS/c16-11-15(7-3-4-8-15)9-12-10-17-14-6-2-1-5-13(12)14/h1-2,5-6,12H,3-4,7-10H2. The van der Waals surface area contributed by atoms with E-state index in [1.54, 1.807) is 0 Å². The molecule has 17 heavy (non-hydrogen) atoms. The fraction of sp³-hybridized carbons (Fsp3) is 0.533. The lowest BCUT2D eigenvalue weighted by molar-refractivity contribution is 0.351. The van der Waals surface area contributed by atoms with Crippen molar-refractivity contribution in [1.29, 1.82) is 5.26 Å². The molecule has 1 atom stereocenters. The van der Waals surface area contributed by atoms with Gasteiger partial charge in [-0.15, -0.1) is 11.8 Å². The molecule has 0 radical (unpaired) electrons. The van der Waals surface area contributed by atoms with Crippen LogP contribution in [0.3, 0.4) is 0 Å². The van der Waals surface area contributed by atoms with E-state index in [-0.39, 0.29) is 5.41 Å². The Morgan fingerprint density at radius 1 is 1.29 bits per heavy atom. The summed E-state index contributed by atoms with van der Waals surface area (Å²) in [7, 11) is 0. The number of fused-ring (bicyclic) bond motifs is 1. The number of thioether (sulfide) groups is 1. The first-order valence-corrected chi connectivity index (χ1v) is 7.45. The topological polar surface area (TPSA) is 23.8 Å². The Balaban J connectivity index is 1.82. The summed E-state index contributed by atoms with van der Waals surface area (Å²) < 4.78 is 0. The van der Waals surface area contributed by atoms with Crippen LogP contribution < -0.4 is 0 Å². The zero-order valence-corrected chi connectivity index (χ0v) is 10.8. The quantitative estimate of drug-likeness (QED) is 0.771. The Labute approximate surface area is 107 Å². The highest BCUT2D eigenvalue weighted by Crippen LogP contribution is 2.49. The van der Waals surface area contributed by atoms with E-state index in [1.165, 1.54) is 29.1 Å².